The lowest BCUT2D eigenvalue weighted by molar-refractivity contribution is -0.153. The molecule has 0 aromatic carbocycles. The first-order valence-electron chi connectivity index (χ1n) is 10.1. The van der Waals surface area contributed by atoms with Crippen LogP contribution >= 0.6 is 0 Å². The third kappa shape index (κ3) is 2.73. The lowest BCUT2D eigenvalue weighted by atomic mass is 9.80. The normalized spacial score (nSPS) is 28.7. The molecule has 3 unspecified atom stereocenters. The molecule has 5 heterocycles. The summed E-state index contributed by atoms with van der Waals surface area (Å²) < 4.78 is 61.1. The largest absolute Gasteiger partial charge is 0.455 e. The van der Waals surface area contributed by atoms with Crippen molar-refractivity contribution in [1.82, 2.24) is 4.98 Å². The van der Waals surface area contributed by atoms with E-state index in [4.69, 9.17) is 18.6 Å². The minimum Gasteiger partial charge on any atom is -0.455 e. The summed E-state index contributed by atoms with van der Waals surface area (Å²) in [5.41, 5.74) is 0.686. The Labute approximate surface area is 180 Å². The van der Waals surface area contributed by atoms with Crippen LogP contribution in [0.1, 0.15) is 22.6 Å². The second kappa shape index (κ2) is 6.77. The molecule has 10 heteroatoms. The summed E-state index contributed by atoms with van der Waals surface area (Å²) in [6, 6.07) is 3.91. The number of nitrogens with zero attached hydrogens (tertiary/aromatic N) is 2. The molecule has 0 saturated carbocycles. The predicted molar refractivity (Wildman–Crippen MR) is 102 cm³/mol. The van der Waals surface area contributed by atoms with Crippen molar-refractivity contribution in [2.45, 2.75) is 37.0 Å². The number of rotatable bonds is 3. The highest BCUT2D eigenvalue weighted by molar-refractivity contribution is 6.09. The monoisotopic (exact) mass is 446 g/mol. The summed E-state index contributed by atoms with van der Waals surface area (Å²) in [5, 5.41) is 0. The molecule has 0 spiro atoms. The van der Waals surface area contributed by atoms with Gasteiger partial charge in [0.25, 0.3) is 5.91 Å². The van der Waals surface area contributed by atoms with Gasteiger partial charge in [-0.2, -0.15) is 13.2 Å². The van der Waals surface area contributed by atoms with E-state index in [0.29, 0.717) is 30.0 Å². The van der Waals surface area contributed by atoms with Gasteiger partial charge in [0, 0.05) is 11.8 Å². The standard InChI is InChI=1S/C22H17F3N2O5/c23-22(24,25)17-4-2-14(32-17)10-27-19-18-12(5-7-26-19)6-8-31-21(18,20(27)28)13-1-3-15-16(9-13)30-11-29-15/h1-5,7,9,15-16H,6,8,10-11H2. The fraction of sp³-hybridized carbons (Fsp3) is 0.364. The maximum absolute atomic E-state index is 13.9. The second-order valence-electron chi connectivity index (χ2n) is 7.96. The fourth-order valence-corrected chi connectivity index (χ4v) is 4.76. The Morgan fingerprint density at radius 3 is 2.84 bits per heavy atom. The Morgan fingerprint density at radius 2 is 2.03 bits per heavy atom. The number of hydrogen-bond acceptors (Lipinski definition) is 6. The average molecular weight is 446 g/mol. The molecule has 2 aromatic heterocycles. The van der Waals surface area contributed by atoms with Crippen molar-refractivity contribution in [2.24, 2.45) is 0 Å². The lowest BCUT2D eigenvalue weighted by Gasteiger charge is -2.36. The number of fused-ring (bicyclic) bond motifs is 1. The fourth-order valence-electron chi connectivity index (χ4n) is 4.76. The molecule has 0 bridgehead atoms. The topological polar surface area (TPSA) is 74.0 Å². The van der Waals surface area contributed by atoms with E-state index in [1.807, 2.05) is 18.2 Å². The van der Waals surface area contributed by atoms with E-state index in [0.717, 1.165) is 11.6 Å². The van der Waals surface area contributed by atoms with Crippen molar-refractivity contribution in [3.8, 4) is 0 Å². The highest BCUT2D eigenvalue weighted by atomic mass is 19.4. The van der Waals surface area contributed by atoms with Crippen LogP contribution in [0.2, 0.25) is 0 Å². The summed E-state index contributed by atoms with van der Waals surface area (Å²) in [5.74, 6) is -1.18. The molecule has 0 N–H and O–H groups in total. The molecule has 0 radical (unpaired) electrons. The van der Waals surface area contributed by atoms with Crippen LogP contribution in [0.15, 0.2) is 52.6 Å². The zero-order chi connectivity index (χ0) is 22.1. The molecule has 32 heavy (non-hydrogen) atoms. The summed E-state index contributed by atoms with van der Waals surface area (Å²) in [6.45, 7) is 0.262. The number of carbonyl (C=O) groups is 1. The molecule has 1 fully saturated rings. The van der Waals surface area contributed by atoms with Crippen LogP contribution in [-0.4, -0.2) is 36.5 Å². The van der Waals surface area contributed by atoms with Gasteiger partial charge in [-0.1, -0.05) is 12.2 Å². The van der Waals surface area contributed by atoms with Gasteiger partial charge in [0.15, 0.2) is 0 Å². The van der Waals surface area contributed by atoms with Gasteiger partial charge in [0.2, 0.25) is 11.4 Å². The maximum Gasteiger partial charge on any atom is 0.449 e. The van der Waals surface area contributed by atoms with E-state index in [9.17, 15) is 18.0 Å². The molecule has 1 amide bonds. The van der Waals surface area contributed by atoms with Gasteiger partial charge >= 0.3 is 6.18 Å². The first-order chi connectivity index (χ1) is 15.4. The van der Waals surface area contributed by atoms with Crippen LogP contribution in [0.4, 0.5) is 19.0 Å². The molecule has 4 aliphatic rings. The average Bonchev–Trinajstić information content (AvgIpc) is 3.49. The number of carbonyl (C=O) groups excluding carboxylic acids is 1. The highest BCUT2D eigenvalue weighted by Gasteiger charge is 2.58. The van der Waals surface area contributed by atoms with Gasteiger partial charge in [-0.05, 0) is 41.8 Å². The van der Waals surface area contributed by atoms with Crippen molar-refractivity contribution >= 4 is 11.7 Å². The zero-order valence-corrected chi connectivity index (χ0v) is 16.6. The lowest BCUT2D eigenvalue weighted by Crippen LogP contribution is -2.46. The van der Waals surface area contributed by atoms with Crippen molar-refractivity contribution < 1.29 is 36.6 Å². The SMILES string of the molecule is O=C1N(Cc2ccc(C(F)(F)F)o2)c2nccc3c2C1(C1=CC2OCOC2C=C1)OCC3. The van der Waals surface area contributed by atoms with Crippen LogP contribution in [0.3, 0.4) is 0 Å². The number of ether oxygens (including phenoxy) is 3. The van der Waals surface area contributed by atoms with Crippen molar-refractivity contribution in [1.29, 1.82) is 0 Å². The van der Waals surface area contributed by atoms with Crippen LogP contribution in [-0.2, 0) is 43.7 Å². The summed E-state index contributed by atoms with van der Waals surface area (Å²) >= 11 is 0. The van der Waals surface area contributed by atoms with Gasteiger partial charge in [-0.15, -0.1) is 0 Å². The van der Waals surface area contributed by atoms with Gasteiger partial charge in [0.1, 0.15) is 30.6 Å². The third-order valence-electron chi connectivity index (χ3n) is 6.18. The Morgan fingerprint density at radius 1 is 1.19 bits per heavy atom. The quantitative estimate of drug-likeness (QED) is 0.721. The van der Waals surface area contributed by atoms with Gasteiger partial charge in [0.05, 0.1) is 13.2 Å². The van der Waals surface area contributed by atoms with E-state index in [2.05, 4.69) is 4.98 Å². The molecule has 2 aromatic rings. The van der Waals surface area contributed by atoms with Crippen LogP contribution in [0, 0.1) is 0 Å². The molecule has 1 saturated heterocycles. The molecule has 7 nitrogen and oxygen atoms in total. The summed E-state index contributed by atoms with van der Waals surface area (Å²) in [6.07, 6.45) is 2.43. The van der Waals surface area contributed by atoms with E-state index >= 15 is 0 Å². The molecular weight excluding hydrogens is 429 g/mol. The molecular formula is C22H17F3N2O5. The van der Waals surface area contributed by atoms with Gasteiger partial charge < -0.3 is 18.6 Å². The Kier molecular flexibility index (Phi) is 4.17. The minimum absolute atomic E-state index is 0.000342. The zero-order valence-electron chi connectivity index (χ0n) is 16.6. The van der Waals surface area contributed by atoms with Gasteiger partial charge in [-0.25, -0.2) is 4.98 Å². The van der Waals surface area contributed by atoms with E-state index in [-0.39, 0.29) is 31.3 Å². The van der Waals surface area contributed by atoms with E-state index in [1.54, 1.807) is 12.3 Å². The number of hydrogen-bond donors (Lipinski definition) is 0. The summed E-state index contributed by atoms with van der Waals surface area (Å²) in [7, 11) is 0. The van der Waals surface area contributed by atoms with Crippen molar-refractivity contribution in [3.05, 3.63) is 70.8 Å². The second-order valence-corrected chi connectivity index (χ2v) is 7.96. The molecule has 6 rings (SSSR count). The number of anilines is 1. The predicted octanol–water partition coefficient (Wildman–Crippen LogP) is 3.25. The van der Waals surface area contributed by atoms with Crippen LogP contribution < -0.4 is 4.90 Å². The smallest absolute Gasteiger partial charge is 0.449 e. The molecule has 166 valence electrons. The van der Waals surface area contributed by atoms with Crippen LogP contribution in [0.5, 0.6) is 0 Å². The maximum atomic E-state index is 13.9. The highest BCUT2D eigenvalue weighted by Crippen LogP contribution is 2.52. The number of aromatic nitrogens is 1. The number of amides is 1. The van der Waals surface area contributed by atoms with Gasteiger partial charge in [-0.3, -0.25) is 9.69 Å². The number of alkyl halides is 3. The minimum atomic E-state index is -4.61. The Bertz CT molecular complexity index is 1170. The first kappa shape index (κ1) is 19.7. The number of pyridine rings is 1. The summed E-state index contributed by atoms with van der Waals surface area (Å²) in [4.78, 5) is 19.6. The Hall–Kier alpha value is -2.95. The molecule has 3 aliphatic heterocycles. The number of halogens is 3. The first-order valence-corrected chi connectivity index (χ1v) is 10.1. The van der Waals surface area contributed by atoms with E-state index < -0.39 is 23.4 Å². The van der Waals surface area contributed by atoms with Crippen LogP contribution in [0.25, 0.3) is 0 Å². The van der Waals surface area contributed by atoms with Crippen molar-refractivity contribution in [3.63, 3.8) is 0 Å². The van der Waals surface area contributed by atoms with Crippen molar-refractivity contribution in [2.75, 3.05) is 18.3 Å². The molecule has 1 aliphatic carbocycles. The van der Waals surface area contributed by atoms with E-state index in [1.165, 1.54) is 11.0 Å². The number of furan rings is 1. The third-order valence-corrected chi connectivity index (χ3v) is 6.18. The molecule has 3 atom stereocenters. The Balaban J connectivity index is 1.44.